The minimum atomic E-state index is -0.237. The van der Waals surface area contributed by atoms with Crippen LogP contribution in [0.4, 0.5) is 5.82 Å². The third-order valence-electron chi connectivity index (χ3n) is 4.84. The fraction of sp³-hybridized carbons (Fsp3) is 0.650. The molecule has 0 spiro atoms. The molecule has 156 valence electrons. The maximum Gasteiger partial charge on any atom is 0.277 e. The number of carbonyl (C=O) groups is 1. The molecule has 0 radical (unpaired) electrons. The number of piperidine rings is 1. The number of nitrogens with one attached hydrogen (secondary N) is 2. The van der Waals surface area contributed by atoms with Crippen molar-refractivity contribution in [3.8, 4) is 0 Å². The molecule has 0 aromatic carbocycles. The van der Waals surface area contributed by atoms with Gasteiger partial charge in [0.05, 0.1) is 17.3 Å². The summed E-state index contributed by atoms with van der Waals surface area (Å²) in [5.41, 5.74) is 1.05. The van der Waals surface area contributed by atoms with Gasteiger partial charge in [0.2, 0.25) is 0 Å². The van der Waals surface area contributed by atoms with Crippen LogP contribution in [0.3, 0.4) is 0 Å². The zero-order valence-corrected chi connectivity index (χ0v) is 18.6. The van der Waals surface area contributed by atoms with Gasteiger partial charge in [-0.1, -0.05) is 20.8 Å². The van der Waals surface area contributed by atoms with Crippen LogP contribution in [0.2, 0.25) is 0 Å². The second-order valence-corrected chi connectivity index (χ2v) is 9.38. The van der Waals surface area contributed by atoms with E-state index in [1.165, 1.54) is 0 Å². The van der Waals surface area contributed by atoms with Crippen LogP contribution in [0.1, 0.15) is 76.6 Å². The Morgan fingerprint density at radius 1 is 1.21 bits per heavy atom. The molecule has 1 amide bonds. The minimum Gasteiger partial charge on any atom is -0.315 e. The predicted octanol–water partition coefficient (Wildman–Crippen LogP) is 3.73. The molecule has 8 heteroatoms. The summed E-state index contributed by atoms with van der Waals surface area (Å²) in [5, 5.41) is 15.7. The smallest absolute Gasteiger partial charge is 0.277 e. The van der Waals surface area contributed by atoms with E-state index in [9.17, 15) is 4.79 Å². The highest BCUT2D eigenvalue weighted by Gasteiger charge is 2.26. The fourth-order valence-electron chi connectivity index (χ4n) is 3.25. The Balaban J connectivity index is 0.00000280. The normalized spacial score (nSPS) is 17.9. The number of rotatable bonds is 3. The third kappa shape index (κ3) is 4.94. The molecule has 0 saturated carbocycles. The molecule has 1 aliphatic rings. The highest BCUT2D eigenvalue weighted by molar-refractivity contribution is 6.02. The van der Waals surface area contributed by atoms with E-state index in [-0.39, 0.29) is 29.3 Å². The van der Waals surface area contributed by atoms with E-state index in [0.717, 1.165) is 31.6 Å². The van der Waals surface area contributed by atoms with E-state index in [4.69, 9.17) is 5.10 Å². The predicted molar refractivity (Wildman–Crippen MR) is 114 cm³/mol. The first-order valence-corrected chi connectivity index (χ1v) is 9.74. The largest absolute Gasteiger partial charge is 0.315 e. The highest BCUT2D eigenvalue weighted by Crippen LogP contribution is 2.28. The molecule has 1 atom stereocenters. The Hall–Kier alpha value is -1.86. The van der Waals surface area contributed by atoms with Gasteiger partial charge in [0.25, 0.3) is 5.91 Å². The van der Waals surface area contributed by atoms with Crippen molar-refractivity contribution in [1.29, 1.82) is 0 Å². The van der Waals surface area contributed by atoms with Crippen molar-refractivity contribution in [2.24, 2.45) is 0 Å². The number of aromatic nitrogens is 4. The molecule has 3 rings (SSSR count). The van der Waals surface area contributed by atoms with Crippen molar-refractivity contribution in [2.45, 2.75) is 71.4 Å². The van der Waals surface area contributed by atoms with E-state index in [1.54, 1.807) is 6.07 Å². The van der Waals surface area contributed by atoms with Crippen molar-refractivity contribution in [3.63, 3.8) is 0 Å². The van der Waals surface area contributed by atoms with Gasteiger partial charge >= 0.3 is 0 Å². The number of hydrogen-bond acceptors (Lipinski definition) is 4. The molecule has 28 heavy (non-hydrogen) atoms. The third-order valence-corrected chi connectivity index (χ3v) is 4.84. The lowest BCUT2D eigenvalue weighted by molar-refractivity contribution is 0.101. The van der Waals surface area contributed by atoms with Crippen molar-refractivity contribution in [3.05, 3.63) is 29.7 Å². The van der Waals surface area contributed by atoms with Gasteiger partial charge in [0.1, 0.15) is 5.82 Å². The number of amides is 1. The van der Waals surface area contributed by atoms with E-state index in [0.29, 0.717) is 17.6 Å². The topological polar surface area (TPSA) is 76.8 Å². The maximum atomic E-state index is 12.8. The van der Waals surface area contributed by atoms with Gasteiger partial charge in [0, 0.05) is 24.2 Å². The average molecular weight is 409 g/mol. The fourth-order valence-corrected chi connectivity index (χ4v) is 3.25. The number of nitrogens with zero attached hydrogens (tertiary/aromatic N) is 4. The molecular formula is C20H33ClN6O. The summed E-state index contributed by atoms with van der Waals surface area (Å²) in [5.74, 6) is 0.495. The molecule has 1 aliphatic heterocycles. The van der Waals surface area contributed by atoms with E-state index >= 15 is 0 Å². The molecule has 2 aromatic heterocycles. The first-order chi connectivity index (χ1) is 12.6. The molecule has 7 nitrogen and oxygen atoms in total. The first-order valence-electron chi connectivity index (χ1n) is 9.74. The Morgan fingerprint density at radius 3 is 2.50 bits per heavy atom. The van der Waals surface area contributed by atoms with Gasteiger partial charge in [-0.05, 0) is 46.2 Å². The highest BCUT2D eigenvalue weighted by atomic mass is 35.5. The van der Waals surface area contributed by atoms with E-state index < -0.39 is 0 Å². The SMILES string of the molecule is CC(C)(C)c1cc(NC(=O)c2ccn(C3CCCNC3)n2)n(C(C)(C)C)n1.Cl. The summed E-state index contributed by atoms with van der Waals surface area (Å²) < 4.78 is 3.79. The summed E-state index contributed by atoms with van der Waals surface area (Å²) >= 11 is 0. The Morgan fingerprint density at radius 2 is 1.93 bits per heavy atom. The van der Waals surface area contributed by atoms with Crippen LogP contribution in [0.15, 0.2) is 18.3 Å². The molecule has 0 bridgehead atoms. The monoisotopic (exact) mass is 408 g/mol. The lowest BCUT2D eigenvalue weighted by Crippen LogP contribution is -2.32. The van der Waals surface area contributed by atoms with Gasteiger partial charge in [-0.2, -0.15) is 10.2 Å². The molecule has 3 heterocycles. The van der Waals surface area contributed by atoms with Crippen LogP contribution in [-0.4, -0.2) is 38.6 Å². The molecule has 1 fully saturated rings. The lowest BCUT2D eigenvalue weighted by Gasteiger charge is -2.23. The summed E-state index contributed by atoms with van der Waals surface area (Å²) in [6, 6.07) is 4.06. The van der Waals surface area contributed by atoms with Crippen LogP contribution in [0, 0.1) is 0 Å². The molecule has 1 saturated heterocycles. The second kappa shape index (κ2) is 8.25. The number of carbonyl (C=O) groups excluding carboxylic acids is 1. The zero-order chi connectivity index (χ0) is 19.8. The van der Waals surface area contributed by atoms with Gasteiger partial charge < -0.3 is 10.6 Å². The molecule has 2 aromatic rings. The van der Waals surface area contributed by atoms with Crippen LogP contribution < -0.4 is 10.6 Å². The Kier molecular flexibility index (Phi) is 6.61. The maximum absolute atomic E-state index is 12.8. The second-order valence-electron chi connectivity index (χ2n) is 9.38. The Bertz CT molecular complexity index is 806. The van der Waals surface area contributed by atoms with Gasteiger partial charge in [-0.15, -0.1) is 12.4 Å². The van der Waals surface area contributed by atoms with Gasteiger partial charge in [-0.3, -0.25) is 9.48 Å². The summed E-state index contributed by atoms with van der Waals surface area (Å²) in [6.45, 7) is 14.5. The van der Waals surface area contributed by atoms with E-state index in [2.05, 4.69) is 57.3 Å². The van der Waals surface area contributed by atoms with E-state index in [1.807, 2.05) is 21.6 Å². The molecule has 0 aliphatic carbocycles. The van der Waals surface area contributed by atoms with Crippen LogP contribution >= 0.6 is 12.4 Å². The van der Waals surface area contributed by atoms with Crippen LogP contribution in [0.5, 0.6) is 0 Å². The molecular weight excluding hydrogens is 376 g/mol. The summed E-state index contributed by atoms with van der Waals surface area (Å²) in [4.78, 5) is 12.8. The molecule has 1 unspecified atom stereocenters. The standard InChI is InChI=1S/C20H32N6O.ClH/c1-19(2,3)16-12-17(26(24-16)20(4,5)6)22-18(27)15-9-11-25(23-15)14-8-7-10-21-13-14;/h9,11-12,14,21H,7-8,10,13H2,1-6H3,(H,22,27);1H. The average Bonchev–Trinajstić information content (AvgIpc) is 3.22. The van der Waals surface area contributed by atoms with Crippen molar-refractivity contribution >= 4 is 24.1 Å². The molecule has 2 N–H and O–H groups in total. The van der Waals surface area contributed by atoms with Crippen LogP contribution in [-0.2, 0) is 11.0 Å². The summed E-state index contributed by atoms with van der Waals surface area (Å²) in [6.07, 6.45) is 4.11. The van der Waals surface area contributed by atoms with Gasteiger partial charge in [-0.25, -0.2) is 4.68 Å². The number of halogens is 1. The van der Waals surface area contributed by atoms with Crippen molar-refractivity contribution in [2.75, 3.05) is 18.4 Å². The number of anilines is 1. The Labute approximate surface area is 173 Å². The lowest BCUT2D eigenvalue weighted by atomic mass is 9.92. The summed E-state index contributed by atoms with van der Waals surface area (Å²) in [7, 11) is 0. The van der Waals surface area contributed by atoms with Crippen molar-refractivity contribution < 1.29 is 4.79 Å². The number of hydrogen-bond donors (Lipinski definition) is 2. The zero-order valence-electron chi connectivity index (χ0n) is 17.7. The van der Waals surface area contributed by atoms with Crippen LogP contribution in [0.25, 0.3) is 0 Å². The quantitative estimate of drug-likeness (QED) is 0.811. The minimum absolute atomic E-state index is 0. The van der Waals surface area contributed by atoms with Crippen molar-refractivity contribution in [1.82, 2.24) is 24.9 Å². The first kappa shape index (κ1) is 22.4. The van der Waals surface area contributed by atoms with Gasteiger partial charge in [0.15, 0.2) is 5.69 Å².